The molecule has 2 N–H and O–H groups in total. The summed E-state index contributed by atoms with van der Waals surface area (Å²) in [6.07, 6.45) is 1.58. The average Bonchev–Trinajstić information content (AvgIpc) is 2.16. The van der Waals surface area contributed by atoms with E-state index in [2.05, 4.69) is 4.90 Å². The molecular formula is C10H21NO3. The maximum Gasteiger partial charge on any atom is 0.306 e. The lowest BCUT2D eigenvalue weighted by Crippen LogP contribution is -2.28. The summed E-state index contributed by atoms with van der Waals surface area (Å²) in [5.74, 6) is -0.988. The summed E-state index contributed by atoms with van der Waals surface area (Å²) in [5.41, 5.74) is 0. The molecule has 14 heavy (non-hydrogen) atoms. The fourth-order valence-electron chi connectivity index (χ4n) is 1.31. The van der Waals surface area contributed by atoms with Crippen LogP contribution in [0.5, 0.6) is 0 Å². The van der Waals surface area contributed by atoms with Crippen LogP contribution in [0.3, 0.4) is 0 Å². The fourth-order valence-corrected chi connectivity index (χ4v) is 1.31. The van der Waals surface area contributed by atoms with Gasteiger partial charge in [0, 0.05) is 6.54 Å². The van der Waals surface area contributed by atoms with Crippen LogP contribution in [0.15, 0.2) is 0 Å². The standard InChI is InChI=1S/C10H21NO3/c1-3-11(7-8-12)6-4-5-9(2)10(13)14/h9,12H,3-8H2,1-2H3,(H,13,14). The van der Waals surface area contributed by atoms with Gasteiger partial charge < -0.3 is 15.1 Å². The second kappa shape index (κ2) is 7.76. The molecule has 0 fully saturated rings. The number of carbonyl (C=O) groups is 1. The Morgan fingerprint density at radius 1 is 1.43 bits per heavy atom. The first-order valence-electron chi connectivity index (χ1n) is 5.17. The van der Waals surface area contributed by atoms with E-state index in [9.17, 15) is 4.79 Å². The Morgan fingerprint density at radius 3 is 2.50 bits per heavy atom. The maximum atomic E-state index is 10.5. The maximum absolute atomic E-state index is 10.5. The summed E-state index contributed by atoms with van der Waals surface area (Å²) in [4.78, 5) is 12.6. The van der Waals surface area contributed by atoms with Gasteiger partial charge in [-0.1, -0.05) is 13.8 Å². The van der Waals surface area contributed by atoms with Gasteiger partial charge in [0.05, 0.1) is 12.5 Å². The Balaban J connectivity index is 3.55. The molecule has 0 saturated heterocycles. The van der Waals surface area contributed by atoms with Crippen molar-refractivity contribution in [1.29, 1.82) is 0 Å². The largest absolute Gasteiger partial charge is 0.481 e. The van der Waals surface area contributed by atoms with Crippen molar-refractivity contribution in [3.05, 3.63) is 0 Å². The van der Waals surface area contributed by atoms with E-state index in [1.807, 2.05) is 6.92 Å². The molecule has 1 atom stereocenters. The third-order valence-corrected chi connectivity index (χ3v) is 2.40. The normalized spacial score (nSPS) is 13.1. The van der Waals surface area contributed by atoms with E-state index in [1.54, 1.807) is 6.92 Å². The number of hydrogen-bond acceptors (Lipinski definition) is 3. The molecule has 0 saturated carbocycles. The second-order valence-electron chi connectivity index (χ2n) is 3.54. The van der Waals surface area contributed by atoms with Crippen LogP contribution in [0.1, 0.15) is 26.7 Å². The van der Waals surface area contributed by atoms with Gasteiger partial charge in [0.2, 0.25) is 0 Å². The summed E-state index contributed by atoms with van der Waals surface area (Å²) in [6, 6.07) is 0. The molecule has 0 aromatic carbocycles. The monoisotopic (exact) mass is 203 g/mol. The minimum absolute atomic E-state index is 0.169. The molecule has 84 valence electrons. The van der Waals surface area contributed by atoms with E-state index in [-0.39, 0.29) is 12.5 Å². The van der Waals surface area contributed by atoms with Gasteiger partial charge in [-0.15, -0.1) is 0 Å². The number of rotatable bonds is 8. The van der Waals surface area contributed by atoms with Gasteiger partial charge in [0.1, 0.15) is 0 Å². The lowest BCUT2D eigenvalue weighted by Gasteiger charge is -2.19. The van der Waals surface area contributed by atoms with Crippen LogP contribution in [0, 0.1) is 5.92 Å². The minimum Gasteiger partial charge on any atom is -0.481 e. The average molecular weight is 203 g/mol. The quantitative estimate of drug-likeness (QED) is 0.612. The lowest BCUT2D eigenvalue weighted by molar-refractivity contribution is -0.141. The van der Waals surface area contributed by atoms with Gasteiger partial charge in [-0.3, -0.25) is 4.79 Å². The number of nitrogens with zero attached hydrogens (tertiary/aromatic N) is 1. The smallest absolute Gasteiger partial charge is 0.306 e. The molecule has 0 aliphatic rings. The van der Waals surface area contributed by atoms with Crippen molar-refractivity contribution in [2.24, 2.45) is 5.92 Å². The second-order valence-corrected chi connectivity index (χ2v) is 3.54. The van der Waals surface area contributed by atoms with Gasteiger partial charge in [-0.2, -0.15) is 0 Å². The number of hydrogen-bond donors (Lipinski definition) is 2. The van der Waals surface area contributed by atoms with Crippen molar-refractivity contribution in [1.82, 2.24) is 4.90 Å². The number of carboxylic acid groups (broad SMARTS) is 1. The molecule has 0 heterocycles. The summed E-state index contributed by atoms with van der Waals surface area (Å²) in [6.45, 7) is 6.39. The molecule has 0 aliphatic carbocycles. The molecule has 4 heteroatoms. The van der Waals surface area contributed by atoms with E-state index in [4.69, 9.17) is 10.2 Å². The zero-order valence-electron chi connectivity index (χ0n) is 9.07. The highest BCUT2D eigenvalue weighted by Gasteiger charge is 2.10. The van der Waals surface area contributed by atoms with Crippen LogP contribution in [-0.4, -0.2) is 47.3 Å². The molecule has 1 unspecified atom stereocenters. The first kappa shape index (κ1) is 13.4. The van der Waals surface area contributed by atoms with Crippen molar-refractivity contribution in [3.63, 3.8) is 0 Å². The summed E-state index contributed by atoms with van der Waals surface area (Å²) < 4.78 is 0. The summed E-state index contributed by atoms with van der Waals surface area (Å²) in [5, 5.41) is 17.4. The van der Waals surface area contributed by atoms with Crippen molar-refractivity contribution in [3.8, 4) is 0 Å². The van der Waals surface area contributed by atoms with Crippen LogP contribution in [0.2, 0.25) is 0 Å². The zero-order valence-corrected chi connectivity index (χ0v) is 9.07. The van der Waals surface area contributed by atoms with Gasteiger partial charge in [0.15, 0.2) is 0 Å². The molecule has 4 nitrogen and oxygen atoms in total. The lowest BCUT2D eigenvalue weighted by atomic mass is 10.1. The van der Waals surface area contributed by atoms with Crippen molar-refractivity contribution >= 4 is 5.97 Å². The number of aliphatic hydroxyl groups is 1. The molecule has 0 rings (SSSR count). The fraction of sp³-hybridized carbons (Fsp3) is 0.900. The molecular weight excluding hydrogens is 182 g/mol. The van der Waals surface area contributed by atoms with Crippen LogP contribution in [-0.2, 0) is 4.79 Å². The number of aliphatic hydroxyl groups excluding tert-OH is 1. The van der Waals surface area contributed by atoms with Crippen LogP contribution in [0.4, 0.5) is 0 Å². The van der Waals surface area contributed by atoms with Crippen LogP contribution >= 0.6 is 0 Å². The first-order chi connectivity index (χ1) is 6.61. The Labute approximate surface area is 85.5 Å². The van der Waals surface area contributed by atoms with E-state index < -0.39 is 5.97 Å². The van der Waals surface area contributed by atoms with E-state index in [0.29, 0.717) is 13.0 Å². The number of aliphatic carboxylic acids is 1. The molecule has 0 spiro atoms. The molecule has 0 aliphatic heterocycles. The molecule has 0 aromatic heterocycles. The highest BCUT2D eigenvalue weighted by atomic mass is 16.4. The molecule has 0 aromatic rings. The Morgan fingerprint density at radius 2 is 2.07 bits per heavy atom. The SMILES string of the molecule is CCN(CCO)CCCC(C)C(=O)O. The van der Waals surface area contributed by atoms with Crippen LogP contribution < -0.4 is 0 Å². The zero-order chi connectivity index (χ0) is 11.0. The first-order valence-corrected chi connectivity index (χ1v) is 5.17. The van der Waals surface area contributed by atoms with Crippen LogP contribution in [0.25, 0.3) is 0 Å². The molecule has 0 bridgehead atoms. The molecule has 0 radical (unpaired) electrons. The highest BCUT2D eigenvalue weighted by Crippen LogP contribution is 2.06. The summed E-state index contributed by atoms with van der Waals surface area (Å²) >= 11 is 0. The van der Waals surface area contributed by atoms with E-state index >= 15 is 0 Å². The third kappa shape index (κ3) is 5.94. The van der Waals surface area contributed by atoms with E-state index in [0.717, 1.165) is 19.5 Å². The van der Waals surface area contributed by atoms with Crippen molar-refractivity contribution in [2.75, 3.05) is 26.2 Å². The predicted octanol–water partition coefficient (Wildman–Crippen LogP) is 0.802. The highest BCUT2D eigenvalue weighted by molar-refractivity contribution is 5.69. The topological polar surface area (TPSA) is 60.8 Å². The Bertz CT molecular complexity index is 161. The summed E-state index contributed by atoms with van der Waals surface area (Å²) in [7, 11) is 0. The van der Waals surface area contributed by atoms with Gasteiger partial charge in [0.25, 0.3) is 0 Å². The van der Waals surface area contributed by atoms with E-state index in [1.165, 1.54) is 0 Å². The minimum atomic E-state index is -0.727. The predicted molar refractivity (Wildman–Crippen MR) is 55.2 cm³/mol. The third-order valence-electron chi connectivity index (χ3n) is 2.40. The van der Waals surface area contributed by atoms with Gasteiger partial charge in [-0.25, -0.2) is 0 Å². The van der Waals surface area contributed by atoms with Crippen molar-refractivity contribution < 1.29 is 15.0 Å². The molecule has 0 amide bonds. The Hall–Kier alpha value is -0.610. The number of carboxylic acids is 1. The van der Waals surface area contributed by atoms with Gasteiger partial charge >= 0.3 is 5.97 Å². The Kier molecular flexibility index (Phi) is 7.42. The number of likely N-dealkylation sites (N-methyl/N-ethyl adjacent to an activating group) is 1. The van der Waals surface area contributed by atoms with Crippen molar-refractivity contribution in [2.45, 2.75) is 26.7 Å². The van der Waals surface area contributed by atoms with Gasteiger partial charge in [-0.05, 0) is 25.9 Å².